The lowest BCUT2D eigenvalue weighted by Crippen LogP contribution is -1.97. The molecule has 1 nitrogen and oxygen atoms in total. The average molecular weight is 129 g/mol. The van der Waals surface area contributed by atoms with E-state index in [4.69, 9.17) is 0 Å². The van der Waals surface area contributed by atoms with Crippen molar-refractivity contribution in [2.24, 2.45) is 0 Å². The van der Waals surface area contributed by atoms with E-state index in [1.54, 1.807) is 0 Å². The van der Waals surface area contributed by atoms with Gasteiger partial charge < -0.3 is 4.72 Å². The fraction of sp³-hybridized carbons (Fsp3) is 0.667. The summed E-state index contributed by atoms with van der Waals surface area (Å²) in [6.07, 6.45) is 3.32. The van der Waals surface area contributed by atoms with Crippen molar-refractivity contribution in [2.75, 3.05) is 0 Å². The molecule has 8 heavy (non-hydrogen) atoms. The highest BCUT2D eigenvalue weighted by molar-refractivity contribution is 7.98. The molecule has 0 radical (unpaired) electrons. The second-order valence-electron chi connectivity index (χ2n) is 2.02. The summed E-state index contributed by atoms with van der Waals surface area (Å²) in [7, 11) is 0. The minimum Gasteiger partial charge on any atom is -0.336 e. The van der Waals surface area contributed by atoms with Crippen LogP contribution >= 0.6 is 11.9 Å². The van der Waals surface area contributed by atoms with Crippen molar-refractivity contribution in [1.82, 2.24) is 4.72 Å². The molecular weight excluding hydrogens is 118 g/mol. The molecule has 0 aromatic carbocycles. The maximum Gasteiger partial charge on any atom is 0.0466 e. The van der Waals surface area contributed by atoms with Crippen LogP contribution < -0.4 is 4.72 Å². The summed E-state index contributed by atoms with van der Waals surface area (Å²) in [5, 5.41) is 0.731. The lowest BCUT2D eigenvalue weighted by Gasteiger charge is -2.03. The first-order valence-corrected chi connectivity index (χ1v) is 3.80. The third-order valence-electron chi connectivity index (χ3n) is 1.38. The first-order valence-electron chi connectivity index (χ1n) is 2.92. The van der Waals surface area contributed by atoms with Gasteiger partial charge in [-0.15, -0.1) is 0 Å². The van der Waals surface area contributed by atoms with E-state index in [0.717, 1.165) is 5.25 Å². The summed E-state index contributed by atoms with van der Waals surface area (Å²) < 4.78 is 3.13. The first-order chi connectivity index (χ1) is 3.84. The van der Waals surface area contributed by atoms with Crippen molar-refractivity contribution >= 4 is 11.9 Å². The number of hydrogen-bond acceptors (Lipinski definition) is 2. The van der Waals surface area contributed by atoms with Crippen LogP contribution in [0.4, 0.5) is 0 Å². The summed E-state index contributed by atoms with van der Waals surface area (Å²) >= 11 is 1.81. The fourth-order valence-electron chi connectivity index (χ4n) is 0.800. The quantitative estimate of drug-likeness (QED) is 0.543. The molecule has 0 bridgehead atoms. The van der Waals surface area contributed by atoms with E-state index >= 15 is 0 Å². The Morgan fingerprint density at radius 3 is 2.88 bits per heavy atom. The third kappa shape index (κ3) is 0.996. The van der Waals surface area contributed by atoms with Gasteiger partial charge in [-0.3, -0.25) is 0 Å². The largest absolute Gasteiger partial charge is 0.336 e. The van der Waals surface area contributed by atoms with Gasteiger partial charge >= 0.3 is 0 Å². The predicted molar refractivity (Wildman–Crippen MR) is 38.6 cm³/mol. The SMILES string of the molecule is CCC1SNC=C1C. The van der Waals surface area contributed by atoms with Crippen LogP contribution in [0, 0.1) is 0 Å². The lowest BCUT2D eigenvalue weighted by molar-refractivity contribution is 0.935. The minimum absolute atomic E-state index is 0.731. The van der Waals surface area contributed by atoms with E-state index in [1.165, 1.54) is 12.0 Å². The maximum atomic E-state index is 3.13. The number of rotatable bonds is 1. The second-order valence-corrected chi connectivity index (χ2v) is 3.06. The Kier molecular flexibility index (Phi) is 1.84. The molecule has 1 unspecified atom stereocenters. The molecule has 1 heterocycles. The zero-order valence-electron chi connectivity index (χ0n) is 5.27. The molecule has 46 valence electrons. The number of hydrogen-bond donors (Lipinski definition) is 1. The van der Waals surface area contributed by atoms with Crippen LogP contribution in [0.1, 0.15) is 20.3 Å². The predicted octanol–water partition coefficient (Wildman–Crippen LogP) is 1.92. The van der Waals surface area contributed by atoms with Crippen molar-refractivity contribution in [2.45, 2.75) is 25.5 Å². The molecule has 1 aliphatic rings. The van der Waals surface area contributed by atoms with Crippen LogP contribution in [0.15, 0.2) is 11.8 Å². The molecule has 0 saturated heterocycles. The van der Waals surface area contributed by atoms with Crippen LogP contribution in [0.5, 0.6) is 0 Å². The van der Waals surface area contributed by atoms with Gasteiger partial charge in [0.1, 0.15) is 0 Å². The fourth-order valence-corrected chi connectivity index (χ4v) is 1.64. The van der Waals surface area contributed by atoms with Crippen LogP contribution in [-0.4, -0.2) is 5.25 Å². The molecule has 0 spiro atoms. The van der Waals surface area contributed by atoms with E-state index in [2.05, 4.69) is 24.8 Å². The molecule has 0 saturated carbocycles. The van der Waals surface area contributed by atoms with Gasteiger partial charge in [0, 0.05) is 11.4 Å². The van der Waals surface area contributed by atoms with Gasteiger partial charge in [-0.25, -0.2) is 0 Å². The summed E-state index contributed by atoms with van der Waals surface area (Å²) in [5.41, 5.74) is 1.47. The van der Waals surface area contributed by atoms with Gasteiger partial charge in [-0.05, 0) is 30.9 Å². The molecule has 1 N–H and O–H groups in total. The smallest absolute Gasteiger partial charge is 0.0466 e. The van der Waals surface area contributed by atoms with Crippen molar-refractivity contribution in [3.63, 3.8) is 0 Å². The summed E-state index contributed by atoms with van der Waals surface area (Å²) in [6, 6.07) is 0. The normalized spacial score (nSPS) is 27.2. The van der Waals surface area contributed by atoms with Crippen LogP contribution in [0.2, 0.25) is 0 Å². The maximum absolute atomic E-state index is 3.13. The molecule has 1 aliphatic heterocycles. The average Bonchev–Trinajstić information content (AvgIpc) is 2.14. The molecule has 2 heteroatoms. The molecule has 0 fully saturated rings. The summed E-state index contributed by atoms with van der Waals surface area (Å²) in [5.74, 6) is 0. The Morgan fingerprint density at radius 1 is 1.88 bits per heavy atom. The van der Waals surface area contributed by atoms with Crippen LogP contribution in [0.25, 0.3) is 0 Å². The Balaban J connectivity index is 2.46. The van der Waals surface area contributed by atoms with Crippen molar-refractivity contribution in [1.29, 1.82) is 0 Å². The molecule has 0 amide bonds. The highest BCUT2D eigenvalue weighted by Crippen LogP contribution is 2.24. The monoisotopic (exact) mass is 129 g/mol. The second kappa shape index (κ2) is 2.44. The standard InChI is InChI=1S/C6H11NS/c1-3-6-5(2)4-7-8-6/h4,6-7H,3H2,1-2H3. The molecule has 0 aliphatic carbocycles. The first kappa shape index (κ1) is 6.02. The van der Waals surface area contributed by atoms with Crippen molar-refractivity contribution in [3.05, 3.63) is 11.8 Å². The Labute approximate surface area is 54.7 Å². The van der Waals surface area contributed by atoms with E-state index in [-0.39, 0.29) is 0 Å². The summed E-state index contributed by atoms with van der Waals surface area (Å²) in [6.45, 7) is 4.38. The van der Waals surface area contributed by atoms with Gasteiger partial charge in [-0.1, -0.05) is 6.92 Å². The van der Waals surface area contributed by atoms with Crippen LogP contribution in [0.3, 0.4) is 0 Å². The molecular formula is C6H11NS. The van der Waals surface area contributed by atoms with Gasteiger partial charge in [0.25, 0.3) is 0 Å². The summed E-state index contributed by atoms with van der Waals surface area (Å²) in [4.78, 5) is 0. The zero-order valence-corrected chi connectivity index (χ0v) is 6.09. The van der Waals surface area contributed by atoms with Crippen molar-refractivity contribution < 1.29 is 0 Å². The zero-order chi connectivity index (χ0) is 5.98. The highest BCUT2D eigenvalue weighted by Gasteiger charge is 2.12. The van der Waals surface area contributed by atoms with E-state index < -0.39 is 0 Å². The van der Waals surface area contributed by atoms with E-state index in [0.29, 0.717) is 0 Å². The topological polar surface area (TPSA) is 12.0 Å². The minimum atomic E-state index is 0.731. The molecule has 1 atom stereocenters. The van der Waals surface area contributed by atoms with Gasteiger partial charge in [0.05, 0.1) is 0 Å². The molecule has 1 rings (SSSR count). The van der Waals surface area contributed by atoms with Gasteiger partial charge in [-0.2, -0.15) is 0 Å². The third-order valence-corrected chi connectivity index (χ3v) is 2.62. The van der Waals surface area contributed by atoms with E-state index in [9.17, 15) is 0 Å². The number of nitrogens with one attached hydrogen (secondary N) is 1. The van der Waals surface area contributed by atoms with Gasteiger partial charge in [0.2, 0.25) is 0 Å². The molecule has 0 aromatic heterocycles. The lowest BCUT2D eigenvalue weighted by atomic mass is 10.2. The highest BCUT2D eigenvalue weighted by atomic mass is 32.2. The molecule has 0 aromatic rings. The van der Waals surface area contributed by atoms with Crippen LogP contribution in [-0.2, 0) is 0 Å². The Morgan fingerprint density at radius 2 is 2.62 bits per heavy atom. The Bertz CT molecular complexity index is 109. The van der Waals surface area contributed by atoms with Gasteiger partial charge in [0.15, 0.2) is 0 Å². The van der Waals surface area contributed by atoms with Crippen molar-refractivity contribution in [3.8, 4) is 0 Å². The Hall–Kier alpha value is -0.110. The van der Waals surface area contributed by atoms with E-state index in [1.807, 2.05) is 11.9 Å².